The summed E-state index contributed by atoms with van der Waals surface area (Å²) >= 11 is 0. The molecule has 0 radical (unpaired) electrons. The van der Waals surface area contributed by atoms with Crippen LogP contribution in [0.1, 0.15) is 35.7 Å². The lowest BCUT2D eigenvalue weighted by atomic mass is 10.0. The summed E-state index contributed by atoms with van der Waals surface area (Å²) in [5.41, 5.74) is 7.57. The predicted octanol–water partition coefficient (Wildman–Crippen LogP) is 1.81. The van der Waals surface area contributed by atoms with E-state index in [2.05, 4.69) is 5.32 Å². The first-order valence-corrected chi connectivity index (χ1v) is 6.30. The van der Waals surface area contributed by atoms with Crippen molar-refractivity contribution in [3.8, 4) is 0 Å². The van der Waals surface area contributed by atoms with E-state index in [9.17, 15) is 9.59 Å². The Morgan fingerprint density at radius 1 is 1.42 bits per heavy atom. The van der Waals surface area contributed by atoms with E-state index in [4.69, 9.17) is 10.8 Å². The molecule has 1 unspecified atom stereocenters. The van der Waals surface area contributed by atoms with Crippen molar-refractivity contribution in [2.24, 2.45) is 5.92 Å². The number of nitrogens with one attached hydrogen (secondary N) is 1. The van der Waals surface area contributed by atoms with Crippen LogP contribution in [0.3, 0.4) is 0 Å². The third kappa shape index (κ3) is 4.62. The number of carboxylic acid groups (broad SMARTS) is 1. The summed E-state index contributed by atoms with van der Waals surface area (Å²) in [6.45, 7) is 4.13. The van der Waals surface area contributed by atoms with Crippen molar-refractivity contribution in [2.45, 2.75) is 26.7 Å². The van der Waals surface area contributed by atoms with Crippen molar-refractivity contribution < 1.29 is 14.7 Å². The second-order valence-electron chi connectivity index (χ2n) is 4.67. The Balaban J connectivity index is 2.64. The number of nitrogens with two attached hydrogens (primary N) is 1. The van der Waals surface area contributed by atoms with Crippen molar-refractivity contribution in [1.82, 2.24) is 5.32 Å². The molecule has 0 aliphatic rings. The normalized spacial score (nSPS) is 11.9. The van der Waals surface area contributed by atoms with E-state index in [1.807, 2.05) is 19.9 Å². The second-order valence-corrected chi connectivity index (χ2v) is 4.67. The van der Waals surface area contributed by atoms with Gasteiger partial charge in [0.05, 0.1) is 5.56 Å². The Bertz CT molecular complexity index is 472. The number of nitrogen functional groups attached to an aromatic ring is 1. The number of carboxylic acids is 1. The monoisotopic (exact) mass is 264 g/mol. The number of benzene rings is 1. The van der Waals surface area contributed by atoms with Gasteiger partial charge in [-0.2, -0.15) is 0 Å². The van der Waals surface area contributed by atoms with Gasteiger partial charge < -0.3 is 16.2 Å². The lowest BCUT2D eigenvalue weighted by Crippen LogP contribution is -2.30. The zero-order valence-electron chi connectivity index (χ0n) is 11.3. The molecule has 0 saturated carbocycles. The fraction of sp³-hybridized carbons (Fsp3) is 0.429. The molecule has 1 rings (SSSR count). The van der Waals surface area contributed by atoms with Crippen LogP contribution in [0, 0.1) is 12.8 Å². The number of hydrogen-bond acceptors (Lipinski definition) is 3. The highest BCUT2D eigenvalue weighted by Gasteiger charge is 2.14. The van der Waals surface area contributed by atoms with Crippen LogP contribution in [-0.4, -0.2) is 23.5 Å². The lowest BCUT2D eigenvalue weighted by molar-refractivity contribution is -0.138. The quantitative estimate of drug-likeness (QED) is 0.683. The Morgan fingerprint density at radius 2 is 2.11 bits per heavy atom. The molecule has 0 spiro atoms. The van der Waals surface area contributed by atoms with Gasteiger partial charge in [0, 0.05) is 18.7 Å². The Kier molecular flexibility index (Phi) is 5.36. The molecular formula is C14H20N2O3. The third-order valence-electron chi connectivity index (χ3n) is 3.05. The smallest absolute Gasteiger partial charge is 0.303 e. The summed E-state index contributed by atoms with van der Waals surface area (Å²) in [7, 11) is 0. The molecular weight excluding hydrogens is 244 g/mol. The summed E-state index contributed by atoms with van der Waals surface area (Å²) in [5, 5.41) is 11.5. The van der Waals surface area contributed by atoms with Crippen LogP contribution in [0.4, 0.5) is 5.69 Å². The molecule has 1 atom stereocenters. The van der Waals surface area contributed by atoms with Gasteiger partial charge in [0.2, 0.25) is 0 Å². The third-order valence-corrected chi connectivity index (χ3v) is 3.05. The van der Waals surface area contributed by atoms with Crippen LogP contribution in [0.25, 0.3) is 0 Å². The molecule has 5 nitrogen and oxygen atoms in total. The van der Waals surface area contributed by atoms with Gasteiger partial charge in [-0.3, -0.25) is 9.59 Å². The fourth-order valence-corrected chi connectivity index (χ4v) is 1.81. The SMILES string of the molecule is CCC(CNC(=O)c1cc(C)ccc1N)CC(=O)O. The van der Waals surface area contributed by atoms with Gasteiger partial charge in [-0.1, -0.05) is 25.0 Å². The van der Waals surface area contributed by atoms with E-state index in [1.165, 1.54) is 0 Å². The first-order valence-electron chi connectivity index (χ1n) is 6.30. The summed E-state index contributed by atoms with van der Waals surface area (Å²) in [5.74, 6) is -1.17. The molecule has 19 heavy (non-hydrogen) atoms. The minimum atomic E-state index is -0.851. The topological polar surface area (TPSA) is 92.4 Å². The van der Waals surface area contributed by atoms with Crippen LogP contribution in [0.5, 0.6) is 0 Å². The van der Waals surface area contributed by atoms with E-state index in [1.54, 1.807) is 12.1 Å². The summed E-state index contributed by atoms with van der Waals surface area (Å²) in [4.78, 5) is 22.6. The zero-order chi connectivity index (χ0) is 14.4. The minimum Gasteiger partial charge on any atom is -0.481 e. The lowest BCUT2D eigenvalue weighted by Gasteiger charge is -2.14. The van der Waals surface area contributed by atoms with E-state index in [0.29, 0.717) is 24.2 Å². The van der Waals surface area contributed by atoms with Gasteiger partial charge in [0.25, 0.3) is 5.91 Å². The summed E-state index contributed by atoms with van der Waals surface area (Å²) in [6.07, 6.45) is 0.760. The first kappa shape index (κ1) is 15.0. The number of rotatable bonds is 6. The Labute approximate surface area is 112 Å². The van der Waals surface area contributed by atoms with Crippen LogP contribution in [0.15, 0.2) is 18.2 Å². The largest absolute Gasteiger partial charge is 0.481 e. The van der Waals surface area contributed by atoms with Gasteiger partial charge in [0.15, 0.2) is 0 Å². The maximum absolute atomic E-state index is 12.0. The summed E-state index contributed by atoms with van der Waals surface area (Å²) < 4.78 is 0. The average Bonchev–Trinajstić information content (AvgIpc) is 2.36. The summed E-state index contributed by atoms with van der Waals surface area (Å²) in [6, 6.07) is 5.26. The Morgan fingerprint density at radius 3 is 2.68 bits per heavy atom. The highest BCUT2D eigenvalue weighted by atomic mass is 16.4. The maximum atomic E-state index is 12.0. The molecule has 0 aliphatic heterocycles. The molecule has 1 aromatic carbocycles. The Hall–Kier alpha value is -2.04. The first-order chi connectivity index (χ1) is 8.93. The molecule has 0 saturated heterocycles. The molecule has 0 aliphatic carbocycles. The number of hydrogen-bond donors (Lipinski definition) is 3. The highest BCUT2D eigenvalue weighted by Crippen LogP contribution is 2.14. The highest BCUT2D eigenvalue weighted by molar-refractivity contribution is 5.99. The van der Waals surface area contributed by atoms with Crippen LogP contribution < -0.4 is 11.1 Å². The van der Waals surface area contributed by atoms with E-state index in [0.717, 1.165) is 5.56 Å². The maximum Gasteiger partial charge on any atom is 0.303 e. The van der Waals surface area contributed by atoms with Gasteiger partial charge >= 0.3 is 5.97 Å². The van der Waals surface area contributed by atoms with Crippen LogP contribution >= 0.6 is 0 Å². The van der Waals surface area contributed by atoms with Crippen molar-refractivity contribution in [3.63, 3.8) is 0 Å². The second kappa shape index (κ2) is 6.78. The number of aliphatic carboxylic acids is 1. The zero-order valence-corrected chi connectivity index (χ0v) is 11.3. The average molecular weight is 264 g/mol. The molecule has 0 aromatic heterocycles. The van der Waals surface area contributed by atoms with Gasteiger partial charge in [-0.25, -0.2) is 0 Å². The van der Waals surface area contributed by atoms with E-state index < -0.39 is 5.97 Å². The van der Waals surface area contributed by atoms with Crippen LogP contribution in [0.2, 0.25) is 0 Å². The fourth-order valence-electron chi connectivity index (χ4n) is 1.81. The van der Waals surface area contributed by atoms with E-state index in [-0.39, 0.29) is 18.2 Å². The molecule has 104 valence electrons. The number of carbonyl (C=O) groups excluding carboxylic acids is 1. The van der Waals surface area contributed by atoms with Gasteiger partial charge in [-0.15, -0.1) is 0 Å². The number of carbonyl (C=O) groups is 2. The number of amides is 1. The molecule has 0 heterocycles. The number of aryl methyl sites for hydroxylation is 1. The standard InChI is InChI=1S/C14H20N2O3/c1-3-10(7-13(17)18)8-16-14(19)11-6-9(2)4-5-12(11)15/h4-6,10H,3,7-8,15H2,1-2H3,(H,16,19)(H,17,18). The molecule has 5 heteroatoms. The molecule has 1 aromatic rings. The molecule has 1 amide bonds. The molecule has 0 bridgehead atoms. The van der Waals surface area contributed by atoms with Crippen molar-refractivity contribution in [1.29, 1.82) is 0 Å². The number of anilines is 1. The van der Waals surface area contributed by atoms with Gasteiger partial charge in [0.1, 0.15) is 0 Å². The molecule has 4 N–H and O–H groups in total. The van der Waals surface area contributed by atoms with Crippen molar-refractivity contribution in [3.05, 3.63) is 29.3 Å². The predicted molar refractivity (Wildman–Crippen MR) is 74.0 cm³/mol. The van der Waals surface area contributed by atoms with Crippen molar-refractivity contribution >= 4 is 17.6 Å². The van der Waals surface area contributed by atoms with E-state index >= 15 is 0 Å². The minimum absolute atomic E-state index is 0.0556. The van der Waals surface area contributed by atoms with Crippen molar-refractivity contribution in [2.75, 3.05) is 12.3 Å². The van der Waals surface area contributed by atoms with Gasteiger partial charge in [-0.05, 0) is 25.0 Å². The van der Waals surface area contributed by atoms with Crippen LogP contribution in [-0.2, 0) is 4.79 Å². The molecule has 0 fully saturated rings.